The monoisotopic (exact) mass is 242 g/mol. The second-order valence-electron chi connectivity index (χ2n) is 3.59. The molecule has 0 unspecified atom stereocenters. The molecule has 0 fully saturated rings. The fourth-order valence-corrected chi connectivity index (χ4v) is 2.31. The van der Waals surface area contributed by atoms with Crippen molar-refractivity contribution in [2.75, 3.05) is 5.75 Å². The van der Waals surface area contributed by atoms with E-state index in [1.165, 1.54) is 6.33 Å². The molecule has 0 aliphatic heterocycles. The van der Waals surface area contributed by atoms with Gasteiger partial charge in [-0.1, -0.05) is 25.4 Å². The molecule has 80 valence electrons. The van der Waals surface area contributed by atoms with E-state index in [2.05, 4.69) is 28.9 Å². The number of hydrogen-bond acceptors (Lipinski definition) is 4. The van der Waals surface area contributed by atoms with Crippen molar-refractivity contribution in [3.05, 3.63) is 17.5 Å². The van der Waals surface area contributed by atoms with Crippen molar-refractivity contribution < 1.29 is 0 Å². The molecular formula is C9H11ClN4S. The molecule has 0 amide bonds. The molecule has 2 heterocycles. The van der Waals surface area contributed by atoms with E-state index in [4.69, 9.17) is 11.6 Å². The van der Waals surface area contributed by atoms with Gasteiger partial charge in [0.15, 0.2) is 0 Å². The maximum atomic E-state index is 5.89. The molecule has 0 aliphatic carbocycles. The van der Waals surface area contributed by atoms with Gasteiger partial charge in [-0.05, 0) is 5.92 Å². The number of halogens is 1. The summed E-state index contributed by atoms with van der Waals surface area (Å²) in [5, 5.41) is 5.54. The van der Waals surface area contributed by atoms with Crippen molar-refractivity contribution >= 4 is 29.1 Å². The quantitative estimate of drug-likeness (QED) is 0.613. The Kier molecular flexibility index (Phi) is 3.11. The Hall–Kier alpha value is -0.810. The first kappa shape index (κ1) is 10.7. The molecule has 2 aromatic rings. The van der Waals surface area contributed by atoms with E-state index in [0.717, 1.165) is 10.8 Å². The van der Waals surface area contributed by atoms with Crippen LogP contribution in [-0.2, 0) is 0 Å². The molecule has 6 heteroatoms. The average Bonchev–Trinajstić information content (AvgIpc) is 2.61. The van der Waals surface area contributed by atoms with Crippen LogP contribution in [-0.4, -0.2) is 25.3 Å². The van der Waals surface area contributed by atoms with Gasteiger partial charge in [-0.25, -0.2) is 0 Å². The third-order valence-corrected chi connectivity index (χ3v) is 3.37. The largest absolute Gasteiger partial charge is 0.254 e. The zero-order valence-corrected chi connectivity index (χ0v) is 10.1. The standard InChI is InChI=1S/C9H11ClN4S/c1-6(2)4-15-8-3-7(10)13-9-11-5-12-14(8)9/h3,5-6H,4H2,1-2H3. The minimum Gasteiger partial charge on any atom is -0.199 e. The summed E-state index contributed by atoms with van der Waals surface area (Å²) < 4.78 is 1.71. The Bertz CT molecular complexity index is 468. The average molecular weight is 243 g/mol. The van der Waals surface area contributed by atoms with Crippen LogP contribution in [0, 0.1) is 5.92 Å². The van der Waals surface area contributed by atoms with Crippen LogP contribution in [0.15, 0.2) is 17.4 Å². The summed E-state index contributed by atoms with van der Waals surface area (Å²) in [5.74, 6) is 2.20. The molecule has 0 aromatic carbocycles. The third kappa shape index (κ3) is 2.41. The summed E-state index contributed by atoms with van der Waals surface area (Å²) in [5.41, 5.74) is 0. The second kappa shape index (κ2) is 4.37. The lowest BCUT2D eigenvalue weighted by molar-refractivity contribution is 0.746. The van der Waals surface area contributed by atoms with Gasteiger partial charge in [0.1, 0.15) is 16.5 Å². The van der Waals surface area contributed by atoms with Crippen LogP contribution in [0.25, 0.3) is 5.78 Å². The van der Waals surface area contributed by atoms with Gasteiger partial charge < -0.3 is 0 Å². The highest BCUT2D eigenvalue weighted by atomic mass is 35.5. The summed E-state index contributed by atoms with van der Waals surface area (Å²) >= 11 is 7.60. The van der Waals surface area contributed by atoms with Crippen LogP contribution in [0.5, 0.6) is 0 Å². The van der Waals surface area contributed by atoms with E-state index in [9.17, 15) is 0 Å². The lowest BCUT2D eigenvalue weighted by Crippen LogP contribution is -1.98. The lowest BCUT2D eigenvalue weighted by Gasteiger charge is -2.05. The van der Waals surface area contributed by atoms with Gasteiger partial charge in [-0.15, -0.1) is 11.8 Å². The summed E-state index contributed by atoms with van der Waals surface area (Å²) in [4.78, 5) is 8.08. The lowest BCUT2D eigenvalue weighted by atomic mass is 10.3. The number of hydrogen-bond donors (Lipinski definition) is 0. The Morgan fingerprint density at radius 2 is 2.33 bits per heavy atom. The van der Waals surface area contributed by atoms with Crippen molar-refractivity contribution in [3.8, 4) is 0 Å². The zero-order valence-electron chi connectivity index (χ0n) is 8.51. The molecule has 2 aromatic heterocycles. The molecule has 0 radical (unpaired) electrons. The maximum Gasteiger partial charge on any atom is 0.254 e. The van der Waals surface area contributed by atoms with Crippen LogP contribution in [0.2, 0.25) is 5.15 Å². The Balaban J connectivity index is 2.35. The first-order valence-electron chi connectivity index (χ1n) is 4.66. The summed E-state index contributed by atoms with van der Waals surface area (Å²) in [7, 11) is 0. The Morgan fingerprint density at radius 3 is 3.07 bits per heavy atom. The van der Waals surface area contributed by atoms with Crippen LogP contribution in [0.4, 0.5) is 0 Å². The smallest absolute Gasteiger partial charge is 0.199 e. The molecule has 0 bridgehead atoms. The normalized spacial score (nSPS) is 11.5. The van der Waals surface area contributed by atoms with Gasteiger partial charge in [0, 0.05) is 11.8 Å². The Morgan fingerprint density at radius 1 is 1.53 bits per heavy atom. The van der Waals surface area contributed by atoms with E-state index in [1.807, 2.05) is 6.07 Å². The van der Waals surface area contributed by atoms with Gasteiger partial charge in [-0.3, -0.25) is 0 Å². The van der Waals surface area contributed by atoms with Crippen LogP contribution in [0.1, 0.15) is 13.8 Å². The molecular weight excluding hydrogens is 232 g/mol. The van der Waals surface area contributed by atoms with Crippen molar-refractivity contribution in [1.82, 2.24) is 19.6 Å². The van der Waals surface area contributed by atoms with Crippen LogP contribution >= 0.6 is 23.4 Å². The molecule has 15 heavy (non-hydrogen) atoms. The number of aromatic nitrogens is 4. The SMILES string of the molecule is CC(C)CSc1cc(Cl)nc2ncnn12. The summed E-state index contributed by atoms with van der Waals surface area (Å²) in [6, 6.07) is 1.82. The predicted octanol–water partition coefficient (Wildman–Crippen LogP) is 2.53. The number of fused-ring (bicyclic) bond motifs is 1. The van der Waals surface area contributed by atoms with Gasteiger partial charge in [0.2, 0.25) is 0 Å². The van der Waals surface area contributed by atoms with Crippen molar-refractivity contribution in [2.24, 2.45) is 5.92 Å². The van der Waals surface area contributed by atoms with Crippen molar-refractivity contribution in [3.63, 3.8) is 0 Å². The van der Waals surface area contributed by atoms with Gasteiger partial charge in [0.25, 0.3) is 5.78 Å². The topological polar surface area (TPSA) is 43.1 Å². The van der Waals surface area contributed by atoms with Crippen LogP contribution < -0.4 is 0 Å². The summed E-state index contributed by atoms with van der Waals surface area (Å²) in [6.07, 6.45) is 1.48. The molecule has 2 rings (SSSR count). The molecule has 0 aliphatic rings. The highest BCUT2D eigenvalue weighted by Gasteiger charge is 2.07. The van der Waals surface area contributed by atoms with E-state index >= 15 is 0 Å². The highest BCUT2D eigenvalue weighted by molar-refractivity contribution is 7.99. The number of thioether (sulfide) groups is 1. The predicted molar refractivity (Wildman–Crippen MR) is 61.4 cm³/mol. The van der Waals surface area contributed by atoms with E-state index in [0.29, 0.717) is 16.8 Å². The number of nitrogens with zero attached hydrogens (tertiary/aromatic N) is 4. The van der Waals surface area contributed by atoms with Crippen molar-refractivity contribution in [1.29, 1.82) is 0 Å². The molecule has 0 atom stereocenters. The Labute approximate surface area is 97.1 Å². The zero-order chi connectivity index (χ0) is 10.8. The minimum absolute atomic E-state index is 0.460. The van der Waals surface area contributed by atoms with Crippen molar-refractivity contribution in [2.45, 2.75) is 18.9 Å². The first-order chi connectivity index (χ1) is 7.16. The molecule has 0 saturated heterocycles. The van der Waals surface area contributed by atoms with Gasteiger partial charge >= 0.3 is 0 Å². The fraction of sp³-hybridized carbons (Fsp3) is 0.444. The van der Waals surface area contributed by atoms with Gasteiger partial charge in [0.05, 0.1) is 0 Å². The van der Waals surface area contributed by atoms with Crippen LogP contribution in [0.3, 0.4) is 0 Å². The maximum absolute atomic E-state index is 5.89. The van der Waals surface area contributed by atoms with Gasteiger partial charge in [-0.2, -0.15) is 19.6 Å². The minimum atomic E-state index is 0.460. The molecule has 0 spiro atoms. The van der Waals surface area contributed by atoms with E-state index in [1.54, 1.807) is 16.3 Å². The number of rotatable bonds is 3. The molecule has 0 N–H and O–H groups in total. The second-order valence-corrected chi connectivity index (χ2v) is 5.02. The third-order valence-electron chi connectivity index (χ3n) is 1.75. The first-order valence-corrected chi connectivity index (χ1v) is 6.02. The summed E-state index contributed by atoms with van der Waals surface area (Å²) in [6.45, 7) is 4.35. The fourth-order valence-electron chi connectivity index (χ4n) is 1.11. The van der Waals surface area contributed by atoms with E-state index in [-0.39, 0.29) is 0 Å². The molecule has 4 nitrogen and oxygen atoms in total. The highest BCUT2D eigenvalue weighted by Crippen LogP contribution is 2.22. The van der Waals surface area contributed by atoms with E-state index < -0.39 is 0 Å². The molecule has 0 saturated carbocycles.